The third kappa shape index (κ3) is 65.7. The summed E-state index contributed by atoms with van der Waals surface area (Å²) in [6, 6.07) is 0. The summed E-state index contributed by atoms with van der Waals surface area (Å²) in [6.07, 6.45) is 89.2. The standard InChI is InChI=1S/C74H132O6/c1-4-7-10-13-16-19-22-25-28-31-34-35-36-37-38-39-41-43-46-49-52-55-58-61-64-67-73(76)79-70-71(69-78-72(75)66-63-60-57-54-51-48-45-42-33-30-27-24-21-18-15-12-9-6-3)80-74(77)68-65-62-59-56-53-50-47-44-40-32-29-26-23-20-17-14-11-8-5-2/h8,11,17,20,22,25-26,29,31,34,40,44,71H,4-7,9-10,12-16,18-19,21,23-24,27-28,30,32-33,35-39,41-43,45-70H2,1-3H3/b11-8-,20-17-,25-22-,29-26-,34-31-,44-40-. The number of allylic oxidation sites excluding steroid dienone is 12. The number of hydrogen-bond acceptors (Lipinski definition) is 6. The number of carbonyl (C=O) groups is 3. The second-order valence-corrected chi connectivity index (χ2v) is 23.4. The molecule has 0 aliphatic rings. The van der Waals surface area contributed by atoms with Crippen LogP contribution in [0.3, 0.4) is 0 Å². The molecule has 0 spiro atoms. The fourth-order valence-corrected chi connectivity index (χ4v) is 10.2. The van der Waals surface area contributed by atoms with E-state index in [-0.39, 0.29) is 31.1 Å². The monoisotopic (exact) mass is 1120 g/mol. The molecule has 0 bridgehead atoms. The largest absolute Gasteiger partial charge is 0.462 e. The molecule has 0 amide bonds. The van der Waals surface area contributed by atoms with Gasteiger partial charge in [0, 0.05) is 19.3 Å². The highest BCUT2D eigenvalue weighted by molar-refractivity contribution is 5.71. The van der Waals surface area contributed by atoms with Crippen molar-refractivity contribution in [3.8, 4) is 0 Å². The Morgan fingerprint density at radius 1 is 0.263 bits per heavy atom. The fourth-order valence-electron chi connectivity index (χ4n) is 10.2. The van der Waals surface area contributed by atoms with Gasteiger partial charge in [-0.2, -0.15) is 0 Å². The Labute approximate surface area is 497 Å². The van der Waals surface area contributed by atoms with E-state index in [1.54, 1.807) is 0 Å². The molecule has 0 rings (SSSR count). The first-order chi connectivity index (χ1) is 39.5. The van der Waals surface area contributed by atoms with Gasteiger partial charge in [0.15, 0.2) is 6.10 Å². The van der Waals surface area contributed by atoms with Gasteiger partial charge in [0.05, 0.1) is 0 Å². The zero-order valence-electron chi connectivity index (χ0n) is 53.3. The lowest BCUT2D eigenvalue weighted by Crippen LogP contribution is -2.30. The maximum Gasteiger partial charge on any atom is 0.306 e. The van der Waals surface area contributed by atoms with Crippen LogP contribution in [0.5, 0.6) is 0 Å². The highest BCUT2D eigenvalue weighted by Crippen LogP contribution is 2.18. The van der Waals surface area contributed by atoms with Crippen LogP contribution >= 0.6 is 0 Å². The van der Waals surface area contributed by atoms with Gasteiger partial charge in [-0.25, -0.2) is 0 Å². The van der Waals surface area contributed by atoms with Crippen molar-refractivity contribution >= 4 is 17.9 Å². The number of carbonyl (C=O) groups excluding carboxylic acids is 3. The third-order valence-corrected chi connectivity index (χ3v) is 15.4. The van der Waals surface area contributed by atoms with Gasteiger partial charge in [-0.1, -0.05) is 325 Å². The van der Waals surface area contributed by atoms with Crippen LogP contribution in [-0.4, -0.2) is 37.2 Å². The highest BCUT2D eigenvalue weighted by atomic mass is 16.6. The van der Waals surface area contributed by atoms with E-state index in [9.17, 15) is 14.4 Å². The topological polar surface area (TPSA) is 78.9 Å². The maximum absolute atomic E-state index is 12.9. The van der Waals surface area contributed by atoms with E-state index in [4.69, 9.17) is 14.2 Å². The van der Waals surface area contributed by atoms with E-state index in [0.29, 0.717) is 19.3 Å². The van der Waals surface area contributed by atoms with Gasteiger partial charge in [-0.3, -0.25) is 14.4 Å². The summed E-state index contributed by atoms with van der Waals surface area (Å²) in [7, 11) is 0. The van der Waals surface area contributed by atoms with Crippen molar-refractivity contribution in [1.82, 2.24) is 0 Å². The lowest BCUT2D eigenvalue weighted by atomic mass is 10.0. The second kappa shape index (κ2) is 68.3. The molecule has 6 heteroatoms. The van der Waals surface area contributed by atoms with Gasteiger partial charge in [-0.05, 0) is 89.9 Å². The molecule has 0 aromatic rings. The smallest absolute Gasteiger partial charge is 0.306 e. The molecule has 0 aromatic carbocycles. The van der Waals surface area contributed by atoms with Crippen LogP contribution in [0.2, 0.25) is 0 Å². The third-order valence-electron chi connectivity index (χ3n) is 15.4. The van der Waals surface area contributed by atoms with Crippen LogP contribution in [-0.2, 0) is 28.6 Å². The normalized spacial score (nSPS) is 12.5. The van der Waals surface area contributed by atoms with Crippen molar-refractivity contribution < 1.29 is 28.6 Å². The van der Waals surface area contributed by atoms with Crippen molar-refractivity contribution in [2.75, 3.05) is 13.2 Å². The molecular formula is C74H132O6. The Kier molecular flexibility index (Phi) is 65.7. The first-order valence-electron chi connectivity index (χ1n) is 34.9. The molecule has 0 heterocycles. The zero-order valence-corrected chi connectivity index (χ0v) is 53.3. The van der Waals surface area contributed by atoms with Crippen molar-refractivity contribution in [1.29, 1.82) is 0 Å². The fraction of sp³-hybridized carbons (Fsp3) is 0.797. The Bertz CT molecular complexity index is 1470. The lowest BCUT2D eigenvalue weighted by molar-refractivity contribution is -0.167. The van der Waals surface area contributed by atoms with Gasteiger partial charge >= 0.3 is 17.9 Å². The molecule has 6 nitrogen and oxygen atoms in total. The minimum atomic E-state index is -0.784. The molecule has 0 N–H and O–H groups in total. The number of unbranched alkanes of at least 4 members (excludes halogenated alkanes) is 41. The van der Waals surface area contributed by atoms with E-state index in [0.717, 1.165) is 103 Å². The molecule has 0 fully saturated rings. The SMILES string of the molecule is CC/C=C\C/C=C\C/C=C\C/C=C\CCCCCCCCC(=O)OC(COC(=O)CCCCCCCCCCCCCCC/C=C\C/C=C\CCCCCCC)COC(=O)CCCCCCCCCCCCCCCCCCCC. The predicted octanol–water partition coefficient (Wildman–Crippen LogP) is 24.1. The average molecular weight is 1120 g/mol. The Balaban J connectivity index is 4.34. The summed E-state index contributed by atoms with van der Waals surface area (Å²) in [5, 5.41) is 0. The van der Waals surface area contributed by atoms with Crippen molar-refractivity contribution in [3.05, 3.63) is 72.9 Å². The van der Waals surface area contributed by atoms with Crippen molar-refractivity contribution in [2.45, 2.75) is 367 Å². The molecule has 464 valence electrons. The summed E-state index contributed by atoms with van der Waals surface area (Å²) in [5.41, 5.74) is 0. The molecule has 0 aliphatic carbocycles. The number of ether oxygens (including phenoxy) is 3. The van der Waals surface area contributed by atoms with Crippen LogP contribution in [0, 0.1) is 0 Å². The maximum atomic E-state index is 12.9. The van der Waals surface area contributed by atoms with Crippen LogP contribution < -0.4 is 0 Å². The molecule has 0 saturated heterocycles. The van der Waals surface area contributed by atoms with E-state index in [1.165, 1.54) is 218 Å². The van der Waals surface area contributed by atoms with Crippen molar-refractivity contribution in [2.24, 2.45) is 0 Å². The second-order valence-electron chi connectivity index (χ2n) is 23.4. The quantitative estimate of drug-likeness (QED) is 0.0261. The van der Waals surface area contributed by atoms with E-state index < -0.39 is 6.10 Å². The van der Waals surface area contributed by atoms with E-state index in [2.05, 4.69) is 93.7 Å². The summed E-state index contributed by atoms with van der Waals surface area (Å²) >= 11 is 0. The molecule has 0 aliphatic heterocycles. The molecular weight excluding hydrogens is 985 g/mol. The van der Waals surface area contributed by atoms with Crippen LogP contribution in [0.4, 0.5) is 0 Å². The summed E-state index contributed by atoms with van der Waals surface area (Å²) in [6.45, 7) is 6.57. The van der Waals surface area contributed by atoms with Gasteiger partial charge in [0.2, 0.25) is 0 Å². The molecule has 0 radical (unpaired) electrons. The predicted molar refractivity (Wildman–Crippen MR) is 348 cm³/mol. The highest BCUT2D eigenvalue weighted by Gasteiger charge is 2.19. The van der Waals surface area contributed by atoms with Gasteiger partial charge < -0.3 is 14.2 Å². The Morgan fingerprint density at radius 2 is 0.487 bits per heavy atom. The van der Waals surface area contributed by atoms with Crippen LogP contribution in [0.25, 0.3) is 0 Å². The molecule has 0 saturated carbocycles. The van der Waals surface area contributed by atoms with Gasteiger partial charge in [0.1, 0.15) is 13.2 Å². The van der Waals surface area contributed by atoms with Crippen molar-refractivity contribution in [3.63, 3.8) is 0 Å². The van der Waals surface area contributed by atoms with Crippen LogP contribution in [0.1, 0.15) is 361 Å². The summed E-state index contributed by atoms with van der Waals surface area (Å²) < 4.78 is 17.0. The van der Waals surface area contributed by atoms with Gasteiger partial charge in [0.25, 0.3) is 0 Å². The lowest BCUT2D eigenvalue weighted by Gasteiger charge is -2.18. The average Bonchev–Trinajstić information content (AvgIpc) is 3.46. The minimum absolute atomic E-state index is 0.0776. The molecule has 0 aromatic heterocycles. The number of rotatable bonds is 64. The van der Waals surface area contributed by atoms with E-state index in [1.807, 2.05) is 0 Å². The Hall–Kier alpha value is -3.15. The molecule has 1 unspecified atom stereocenters. The Morgan fingerprint density at radius 3 is 0.762 bits per heavy atom. The first kappa shape index (κ1) is 76.9. The van der Waals surface area contributed by atoms with E-state index >= 15 is 0 Å². The molecule has 80 heavy (non-hydrogen) atoms. The zero-order chi connectivity index (χ0) is 57.8. The number of esters is 3. The first-order valence-corrected chi connectivity index (χ1v) is 34.9. The molecule has 1 atom stereocenters. The van der Waals surface area contributed by atoms with Gasteiger partial charge in [-0.15, -0.1) is 0 Å². The van der Waals surface area contributed by atoms with Crippen LogP contribution in [0.15, 0.2) is 72.9 Å². The summed E-state index contributed by atoms with van der Waals surface area (Å²) in [5.74, 6) is -0.870. The minimum Gasteiger partial charge on any atom is -0.462 e. The number of hydrogen-bond donors (Lipinski definition) is 0. The summed E-state index contributed by atoms with van der Waals surface area (Å²) in [4.78, 5) is 38.5.